The smallest absolute Gasteiger partial charge is 0.124 e. The first-order chi connectivity index (χ1) is 12.7. The van der Waals surface area contributed by atoms with Crippen molar-refractivity contribution in [2.75, 3.05) is 0 Å². The molecule has 0 aliphatic carbocycles. The van der Waals surface area contributed by atoms with Crippen LogP contribution in [0, 0.1) is 0 Å². The van der Waals surface area contributed by atoms with E-state index in [4.69, 9.17) is 0 Å². The summed E-state index contributed by atoms with van der Waals surface area (Å²) in [5.41, 5.74) is 2.53. The topological polar surface area (TPSA) is 52.8 Å². The highest BCUT2D eigenvalue weighted by Crippen LogP contribution is 2.23. The SMILES string of the molecule is CCCCCCCCCc1ccc(O)c(/C(CCCCCCC)=N/O)c1. The van der Waals surface area contributed by atoms with Crippen molar-refractivity contribution in [3.8, 4) is 5.75 Å². The van der Waals surface area contributed by atoms with Gasteiger partial charge < -0.3 is 10.3 Å². The number of nitrogens with zero attached hydrogens (tertiary/aromatic N) is 1. The molecular weight excluding hydrogens is 322 g/mol. The number of rotatable bonds is 15. The van der Waals surface area contributed by atoms with Gasteiger partial charge in [0.15, 0.2) is 0 Å². The van der Waals surface area contributed by atoms with Crippen LogP contribution in [-0.4, -0.2) is 16.0 Å². The van der Waals surface area contributed by atoms with Crippen molar-refractivity contribution in [2.24, 2.45) is 5.16 Å². The van der Waals surface area contributed by atoms with Crippen molar-refractivity contribution < 1.29 is 10.3 Å². The quantitative estimate of drug-likeness (QED) is 0.150. The van der Waals surface area contributed by atoms with Crippen LogP contribution >= 0.6 is 0 Å². The monoisotopic (exact) mass is 361 g/mol. The highest BCUT2D eigenvalue weighted by Gasteiger charge is 2.11. The molecule has 3 nitrogen and oxygen atoms in total. The minimum absolute atomic E-state index is 0.217. The zero-order chi connectivity index (χ0) is 19.0. The number of oxime groups is 1. The highest BCUT2D eigenvalue weighted by atomic mass is 16.4. The van der Waals surface area contributed by atoms with Crippen molar-refractivity contribution in [3.05, 3.63) is 29.3 Å². The third-order valence-electron chi connectivity index (χ3n) is 5.08. The Kier molecular flexibility index (Phi) is 12.7. The average molecular weight is 362 g/mol. The molecule has 0 spiro atoms. The van der Waals surface area contributed by atoms with Gasteiger partial charge in [0.05, 0.1) is 5.71 Å². The van der Waals surface area contributed by atoms with E-state index in [0.717, 1.165) is 19.3 Å². The van der Waals surface area contributed by atoms with Gasteiger partial charge in [-0.25, -0.2) is 0 Å². The summed E-state index contributed by atoms with van der Waals surface area (Å²) in [4.78, 5) is 0. The second-order valence-corrected chi connectivity index (χ2v) is 7.43. The first kappa shape index (κ1) is 22.5. The second kappa shape index (κ2) is 14.6. The molecule has 0 unspecified atom stereocenters. The van der Waals surface area contributed by atoms with Crippen molar-refractivity contribution in [1.82, 2.24) is 0 Å². The van der Waals surface area contributed by atoms with Crippen LogP contribution in [0.4, 0.5) is 0 Å². The Morgan fingerprint density at radius 1 is 0.808 bits per heavy atom. The summed E-state index contributed by atoms with van der Waals surface area (Å²) in [7, 11) is 0. The molecule has 0 saturated heterocycles. The minimum Gasteiger partial charge on any atom is -0.507 e. The van der Waals surface area contributed by atoms with Crippen molar-refractivity contribution in [3.63, 3.8) is 0 Å². The summed E-state index contributed by atoms with van der Waals surface area (Å²) < 4.78 is 0. The molecule has 0 bridgehead atoms. The number of unbranched alkanes of at least 4 members (excludes halogenated alkanes) is 10. The standard InChI is InChI=1S/C23H39NO2/c1-3-5-7-9-10-12-13-15-20-17-18-23(25)21(19-20)22(24-26)16-14-11-8-6-4-2/h17-19,25-26H,3-16H2,1-2H3/b24-22+. The molecule has 1 aromatic rings. The van der Waals surface area contributed by atoms with E-state index in [1.54, 1.807) is 6.07 Å². The van der Waals surface area contributed by atoms with E-state index in [9.17, 15) is 10.3 Å². The average Bonchev–Trinajstić information content (AvgIpc) is 2.65. The predicted octanol–water partition coefficient (Wildman–Crippen LogP) is 7.22. The maximum Gasteiger partial charge on any atom is 0.124 e. The molecule has 0 aliphatic rings. The molecule has 0 saturated carbocycles. The molecule has 1 rings (SSSR count). The number of aryl methyl sites for hydroxylation is 1. The zero-order valence-electron chi connectivity index (χ0n) is 17.0. The first-order valence-corrected chi connectivity index (χ1v) is 10.8. The highest BCUT2D eigenvalue weighted by molar-refractivity contribution is 6.02. The fourth-order valence-electron chi connectivity index (χ4n) is 3.39. The first-order valence-electron chi connectivity index (χ1n) is 10.8. The van der Waals surface area contributed by atoms with E-state index in [2.05, 4.69) is 19.0 Å². The van der Waals surface area contributed by atoms with Crippen LogP contribution in [0.5, 0.6) is 5.75 Å². The molecule has 0 fully saturated rings. The van der Waals surface area contributed by atoms with Gasteiger partial charge in [-0.1, -0.05) is 89.3 Å². The van der Waals surface area contributed by atoms with Crippen molar-refractivity contribution >= 4 is 5.71 Å². The lowest BCUT2D eigenvalue weighted by Gasteiger charge is -2.10. The number of aromatic hydroxyl groups is 1. The van der Waals surface area contributed by atoms with Crippen LogP contribution in [0.3, 0.4) is 0 Å². The summed E-state index contributed by atoms with van der Waals surface area (Å²) in [6.45, 7) is 4.45. The summed E-state index contributed by atoms with van der Waals surface area (Å²) in [5.74, 6) is 0.217. The molecule has 0 heterocycles. The van der Waals surface area contributed by atoms with Crippen LogP contribution < -0.4 is 0 Å². The molecular formula is C23H39NO2. The van der Waals surface area contributed by atoms with Crippen LogP contribution in [0.1, 0.15) is 108 Å². The van der Waals surface area contributed by atoms with Crippen LogP contribution in [-0.2, 0) is 6.42 Å². The van der Waals surface area contributed by atoms with Gasteiger partial charge in [-0.3, -0.25) is 0 Å². The van der Waals surface area contributed by atoms with Crippen LogP contribution in [0.2, 0.25) is 0 Å². The molecule has 26 heavy (non-hydrogen) atoms. The zero-order valence-corrected chi connectivity index (χ0v) is 17.0. The summed E-state index contributed by atoms with van der Waals surface area (Å²) in [6, 6.07) is 5.74. The van der Waals surface area contributed by atoms with Gasteiger partial charge in [-0.05, 0) is 43.4 Å². The van der Waals surface area contributed by atoms with Gasteiger partial charge in [-0.2, -0.15) is 0 Å². The van der Waals surface area contributed by atoms with E-state index < -0.39 is 0 Å². The molecule has 0 aliphatic heterocycles. The van der Waals surface area contributed by atoms with E-state index in [1.807, 2.05) is 12.1 Å². The van der Waals surface area contributed by atoms with Crippen molar-refractivity contribution in [2.45, 2.75) is 104 Å². The molecule has 148 valence electrons. The Morgan fingerprint density at radius 2 is 1.38 bits per heavy atom. The molecule has 0 amide bonds. The number of phenols is 1. The van der Waals surface area contributed by atoms with Gasteiger partial charge >= 0.3 is 0 Å². The Hall–Kier alpha value is -1.51. The summed E-state index contributed by atoms with van der Waals surface area (Å²) in [5, 5.41) is 23.0. The fraction of sp³-hybridized carbons (Fsp3) is 0.696. The maximum atomic E-state index is 10.2. The largest absolute Gasteiger partial charge is 0.507 e. The predicted molar refractivity (Wildman–Crippen MR) is 112 cm³/mol. The Labute approximate surface area is 160 Å². The molecule has 0 atom stereocenters. The molecule has 3 heteroatoms. The van der Waals surface area contributed by atoms with Gasteiger partial charge in [0, 0.05) is 5.56 Å². The molecule has 0 aromatic heterocycles. The van der Waals surface area contributed by atoms with Gasteiger partial charge in [0.1, 0.15) is 5.75 Å². The molecule has 1 aromatic carbocycles. The summed E-state index contributed by atoms with van der Waals surface area (Å²) in [6.07, 6.45) is 16.7. The van der Waals surface area contributed by atoms with Crippen LogP contribution in [0.25, 0.3) is 0 Å². The van der Waals surface area contributed by atoms with Gasteiger partial charge in [0.25, 0.3) is 0 Å². The van der Waals surface area contributed by atoms with Crippen molar-refractivity contribution in [1.29, 1.82) is 0 Å². The third kappa shape index (κ3) is 9.26. The number of hydrogen-bond donors (Lipinski definition) is 2. The lowest BCUT2D eigenvalue weighted by molar-refractivity contribution is 0.317. The van der Waals surface area contributed by atoms with Crippen LogP contribution in [0.15, 0.2) is 23.4 Å². The molecule has 0 radical (unpaired) electrons. The number of benzene rings is 1. The van der Waals surface area contributed by atoms with E-state index in [1.165, 1.54) is 69.8 Å². The number of phenolic OH excluding ortho intramolecular Hbond substituents is 1. The lowest BCUT2D eigenvalue weighted by Crippen LogP contribution is -2.03. The summed E-state index contributed by atoms with van der Waals surface area (Å²) >= 11 is 0. The minimum atomic E-state index is 0.217. The second-order valence-electron chi connectivity index (χ2n) is 7.43. The van der Waals surface area contributed by atoms with E-state index in [0.29, 0.717) is 17.7 Å². The third-order valence-corrected chi connectivity index (χ3v) is 5.08. The molecule has 2 N–H and O–H groups in total. The lowest BCUT2D eigenvalue weighted by atomic mass is 9.98. The van der Waals surface area contributed by atoms with Gasteiger partial charge in [-0.15, -0.1) is 0 Å². The Bertz CT molecular complexity index is 511. The van der Waals surface area contributed by atoms with E-state index in [-0.39, 0.29) is 5.75 Å². The Balaban J connectivity index is 2.46. The normalized spacial score (nSPS) is 11.8. The van der Waals surface area contributed by atoms with E-state index >= 15 is 0 Å². The number of hydrogen-bond acceptors (Lipinski definition) is 3. The Morgan fingerprint density at radius 3 is 2.00 bits per heavy atom. The van der Waals surface area contributed by atoms with Gasteiger partial charge in [0.2, 0.25) is 0 Å². The maximum absolute atomic E-state index is 10.2. The fourth-order valence-corrected chi connectivity index (χ4v) is 3.39.